The highest BCUT2D eigenvalue weighted by Gasteiger charge is 2.13. The Morgan fingerprint density at radius 3 is 2.27 bits per heavy atom. The predicted octanol–water partition coefficient (Wildman–Crippen LogP) is 2.63. The Morgan fingerprint density at radius 2 is 2.00 bits per heavy atom. The lowest BCUT2D eigenvalue weighted by Crippen LogP contribution is -1.92. The predicted molar refractivity (Wildman–Crippen MR) is 46.4 cm³/mol. The minimum atomic E-state index is 0.223. The molecule has 1 rings (SSSR count). The molecule has 0 aromatic rings. The van der Waals surface area contributed by atoms with Crippen LogP contribution in [0.5, 0.6) is 0 Å². The molecule has 1 aliphatic carbocycles. The Bertz CT molecular complexity index is 240. The first kappa shape index (κ1) is 8.25. The lowest BCUT2D eigenvalue weighted by Gasteiger charge is -1.99. The fourth-order valence-electron chi connectivity index (χ4n) is 1.27. The third-order valence-corrected chi connectivity index (χ3v) is 2.16. The summed E-state index contributed by atoms with van der Waals surface area (Å²) in [6.45, 7) is 5.85. The molecule has 1 nitrogen and oxygen atoms in total. The fourth-order valence-corrected chi connectivity index (χ4v) is 1.27. The Balaban J connectivity index is 2.71. The molecule has 1 heteroatoms. The highest BCUT2D eigenvalue weighted by molar-refractivity contribution is 5.94. The van der Waals surface area contributed by atoms with Crippen molar-refractivity contribution >= 4 is 5.78 Å². The van der Waals surface area contributed by atoms with Crippen LogP contribution in [0.25, 0.3) is 0 Å². The van der Waals surface area contributed by atoms with Crippen molar-refractivity contribution in [3.63, 3.8) is 0 Å². The number of hydrogen-bond acceptors (Lipinski definition) is 1. The Kier molecular flexibility index (Phi) is 2.28. The van der Waals surface area contributed by atoms with Crippen LogP contribution < -0.4 is 0 Å². The molecule has 1 aliphatic rings. The molecule has 11 heavy (non-hydrogen) atoms. The first-order valence-corrected chi connectivity index (χ1v) is 3.96. The smallest absolute Gasteiger partial charge is 0.155 e. The molecule has 0 atom stereocenters. The molecule has 0 heterocycles. The van der Waals surface area contributed by atoms with Gasteiger partial charge in [0.15, 0.2) is 5.78 Å². The third-order valence-electron chi connectivity index (χ3n) is 2.16. The molecule has 0 aliphatic heterocycles. The van der Waals surface area contributed by atoms with E-state index in [2.05, 4.69) is 13.8 Å². The van der Waals surface area contributed by atoms with Crippen LogP contribution >= 0.6 is 0 Å². The van der Waals surface area contributed by atoms with Crippen molar-refractivity contribution in [2.24, 2.45) is 0 Å². The van der Waals surface area contributed by atoms with Crippen molar-refractivity contribution < 1.29 is 4.79 Å². The van der Waals surface area contributed by atoms with E-state index in [1.165, 1.54) is 11.1 Å². The van der Waals surface area contributed by atoms with Crippen LogP contribution in [0.15, 0.2) is 22.8 Å². The van der Waals surface area contributed by atoms with Gasteiger partial charge in [-0.15, -0.1) is 0 Å². The summed E-state index contributed by atoms with van der Waals surface area (Å²) in [5, 5.41) is 0. The van der Waals surface area contributed by atoms with Crippen LogP contribution in [0.4, 0.5) is 0 Å². The van der Waals surface area contributed by atoms with Crippen molar-refractivity contribution in [2.45, 2.75) is 33.6 Å². The zero-order valence-electron chi connectivity index (χ0n) is 7.40. The summed E-state index contributed by atoms with van der Waals surface area (Å²) in [6, 6.07) is 0. The molecule has 0 radical (unpaired) electrons. The van der Waals surface area contributed by atoms with Crippen LogP contribution in [0.2, 0.25) is 0 Å². The monoisotopic (exact) mass is 150 g/mol. The molecular formula is C10H14O. The molecule has 0 N–H and O–H groups in total. The minimum Gasteiger partial charge on any atom is -0.295 e. The number of carbonyl (C=O) groups excluding carboxylic acids is 1. The molecular weight excluding hydrogens is 136 g/mol. The highest BCUT2D eigenvalue weighted by atomic mass is 16.1. The zero-order valence-corrected chi connectivity index (χ0v) is 7.40. The van der Waals surface area contributed by atoms with E-state index in [4.69, 9.17) is 0 Å². The van der Waals surface area contributed by atoms with Gasteiger partial charge in [0.1, 0.15) is 0 Å². The molecule has 0 saturated heterocycles. The first-order valence-electron chi connectivity index (χ1n) is 3.96. The van der Waals surface area contributed by atoms with Crippen molar-refractivity contribution in [3.8, 4) is 0 Å². The van der Waals surface area contributed by atoms with Gasteiger partial charge < -0.3 is 0 Å². The quantitative estimate of drug-likeness (QED) is 0.525. The van der Waals surface area contributed by atoms with Gasteiger partial charge in [0.25, 0.3) is 0 Å². The fraction of sp³-hybridized carbons (Fsp3) is 0.500. The largest absolute Gasteiger partial charge is 0.295 e. The van der Waals surface area contributed by atoms with Crippen LogP contribution in [0, 0.1) is 0 Å². The molecule has 0 aromatic heterocycles. The van der Waals surface area contributed by atoms with Crippen LogP contribution in [0.3, 0.4) is 0 Å². The van der Waals surface area contributed by atoms with Gasteiger partial charge in [-0.25, -0.2) is 0 Å². The van der Waals surface area contributed by atoms with E-state index in [-0.39, 0.29) is 5.78 Å². The maximum absolute atomic E-state index is 10.9. The first-order chi connectivity index (χ1) is 5.11. The second kappa shape index (κ2) is 3.04. The summed E-state index contributed by atoms with van der Waals surface area (Å²) in [5.74, 6) is 0.223. The molecule has 0 fully saturated rings. The normalized spacial score (nSPS) is 16.6. The SMILES string of the molecule is CC(=O)C1=CCC(=C(C)C)C1. The van der Waals surface area contributed by atoms with Gasteiger partial charge in [0, 0.05) is 0 Å². The van der Waals surface area contributed by atoms with E-state index in [0.717, 1.165) is 18.4 Å². The molecule has 0 aromatic carbocycles. The average molecular weight is 150 g/mol. The number of allylic oxidation sites excluding steroid dienone is 4. The topological polar surface area (TPSA) is 17.1 Å². The maximum Gasteiger partial charge on any atom is 0.155 e. The van der Waals surface area contributed by atoms with E-state index in [1.54, 1.807) is 6.92 Å². The Morgan fingerprint density at radius 1 is 1.36 bits per heavy atom. The highest BCUT2D eigenvalue weighted by Crippen LogP contribution is 2.26. The van der Waals surface area contributed by atoms with Gasteiger partial charge in [-0.3, -0.25) is 4.79 Å². The third kappa shape index (κ3) is 1.79. The molecule has 0 unspecified atom stereocenters. The Labute approximate surface area is 67.8 Å². The summed E-state index contributed by atoms with van der Waals surface area (Å²) in [4.78, 5) is 10.9. The number of rotatable bonds is 1. The minimum absolute atomic E-state index is 0.223. The van der Waals surface area contributed by atoms with Crippen molar-refractivity contribution in [3.05, 3.63) is 22.8 Å². The summed E-state index contributed by atoms with van der Waals surface area (Å²) in [5.41, 5.74) is 3.76. The van der Waals surface area contributed by atoms with Crippen LogP contribution in [0.1, 0.15) is 33.6 Å². The second-order valence-corrected chi connectivity index (χ2v) is 3.27. The Hall–Kier alpha value is -0.850. The summed E-state index contributed by atoms with van der Waals surface area (Å²) in [7, 11) is 0. The van der Waals surface area contributed by atoms with E-state index >= 15 is 0 Å². The van der Waals surface area contributed by atoms with Crippen LogP contribution in [-0.4, -0.2) is 5.78 Å². The van der Waals surface area contributed by atoms with E-state index in [9.17, 15) is 4.79 Å². The standard InChI is InChI=1S/C10H14O/c1-7(2)9-4-5-10(6-9)8(3)11/h5H,4,6H2,1-3H3. The maximum atomic E-state index is 10.9. The van der Waals surface area contributed by atoms with Gasteiger partial charge >= 0.3 is 0 Å². The van der Waals surface area contributed by atoms with Gasteiger partial charge in [0.05, 0.1) is 0 Å². The number of carbonyl (C=O) groups is 1. The number of hydrogen-bond donors (Lipinski definition) is 0. The van der Waals surface area contributed by atoms with E-state index in [1.807, 2.05) is 6.08 Å². The van der Waals surface area contributed by atoms with Crippen LogP contribution in [-0.2, 0) is 4.79 Å². The summed E-state index contributed by atoms with van der Waals surface area (Å²) >= 11 is 0. The molecule has 0 bridgehead atoms. The molecule has 0 spiro atoms. The van der Waals surface area contributed by atoms with Gasteiger partial charge in [0.2, 0.25) is 0 Å². The van der Waals surface area contributed by atoms with Crippen molar-refractivity contribution in [1.29, 1.82) is 0 Å². The van der Waals surface area contributed by atoms with Gasteiger partial charge in [-0.05, 0) is 39.2 Å². The molecule has 60 valence electrons. The van der Waals surface area contributed by atoms with Crippen molar-refractivity contribution in [2.75, 3.05) is 0 Å². The average Bonchev–Trinajstić information content (AvgIpc) is 2.33. The second-order valence-electron chi connectivity index (χ2n) is 3.27. The van der Waals surface area contributed by atoms with E-state index in [0.29, 0.717) is 0 Å². The number of ketones is 1. The van der Waals surface area contributed by atoms with Crippen molar-refractivity contribution in [1.82, 2.24) is 0 Å². The summed E-state index contributed by atoms with van der Waals surface area (Å²) in [6.07, 6.45) is 3.92. The summed E-state index contributed by atoms with van der Waals surface area (Å²) < 4.78 is 0. The van der Waals surface area contributed by atoms with E-state index < -0.39 is 0 Å². The van der Waals surface area contributed by atoms with Gasteiger partial charge in [-0.1, -0.05) is 17.2 Å². The molecule has 0 amide bonds. The molecule has 0 saturated carbocycles. The lowest BCUT2D eigenvalue weighted by atomic mass is 10.1. The number of Topliss-reactive ketones (excluding diaryl/α,β-unsaturated/α-hetero) is 1. The zero-order chi connectivity index (χ0) is 8.43. The lowest BCUT2D eigenvalue weighted by molar-refractivity contribution is -0.113. The van der Waals surface area contributed by atoms with Gasteiger partial charge in [-0.2, -0.15) is 0 Å².